The topological polar surface area (TPSA) is 146 Å². The van der Waals surface area contributed by atoms with E-state index in [4.69, 9.17) is 15.2 Å². The molecule has 0 spiro atoms. The minimum Gasteiger partial charge on any atom is -0.394 e. The second-order valence-electron chi connectivity index (χ2n) is 8.94. The zero-order valence-corrected chi connectivity index (χ0v) is 19.7. The van der Waals surface area contributed by atoms with Gasteiger partial charge >= 0.3 is 0 Å². The highest BCUT2D eigenvalue weighted by atomic mass is 16.7. The Morgan fingerprint density at radius 2 is 1.44 bits per heavy atom. The van der Waals surface area contributed by atoms with E-state index in [1.807, 2.05) is 6.08 Å². The van der Waals surface area contributed by atoms with Crippen molar-refractivity contribution < 1.29 is 35.0 Å². The van der Waals surface area contributed by atoms with Crippen LogP contribution in [0.5, 0.6) is 0 Å². The van der Waals surface area contributed by atoms with E-state index in [0.717, 1.165) is 12.8 Å². The zero-order valence-electron chi connectivity index (χ0n) is 19.7. The van der Waals surface area contributed by atoms with Gasteiger partial charge in [0.15, 0.2) is 6.29 Å². The molecule has 7 N–H and O–H groups in total. The molecular formula is C24H47NO7. The van der Waals surface area contributed by atoms with Crippen molar-refractivity contribution in [2.24, 2.45) is 5.73 Å². The third-order valence-corrected chi connectivity index (χ3v) is 6.05. The summed E-state index contributed by atoms with van der Waals surface area (Å²) in [6.07, 6.45) is 11.1. The molecule has 1 heterocycles. The molecule has 1 aliphatic rings. The van der Waals surface area contributed by atoms with Crippen molar-refractivity contribution in [3.05, 3.63) is 12.2 Å². The average molecular weight is 462 g/mol. The second-order valence-corrected chi connectivity index (χ2v) is 8.94. The number of hydrogen-bond acceptors (Lipinski definition) is 8. The molecule has 1 rings (SSSR count). The van der Waals surface area contributed by atoms with Crippen molar-refractivity contribution in [2.45, 2.75) is 127 Å². The van der Waals surface area contributed by atoms with Gasteiger partial charge < -0.3 is 40.7 Å². The van der Waals surface area contributed by atoms with Gasteiger partial charge in [-0.15, -0.1) is 0 Å². The number of nitrogens with two attached hydrogens (primary N) is 1. The van der Waals surface area contributed by atoms with Crippen molar-refractivity contribution >= 4 is 0 Å². The van der Waals surface area contributed by atoms with Gasteiger partial charge in [-0.3, -0.25) is 0 Å². The minimum atomic E-state index is -1.50. The Balaban J connectivity index is 2.10. The molecule has 32 heavy (non-hydrogen) atoms. The van der Waals surface area contributed by atoms with Gasteiger partial charge in [0.25, 0.3) is 0 Å². The van der Waals surface area contributed by atoms with Crippen molar-refractivity contribution in [1.29, 1.82) is 0 Å². The van der Waals surface area contributed by atoms with Gasteiger partial charge in [-0.25, -0.2) is 0 Å². The maximum atomic E-state index is 10.2. The first-order chi connectivity index (χ1) is 15.4. The normalized spacial score (nSPS) is 28.3. The van der Waals surface area contributed by atoms with E-state index in [-0.39, 0.29) is 6.61 Å². The zero-order chi connectivity index (χ0) is 23.8. The van der Waals surface area contributed by atoms with Crippen LogP contribution in [-0.4, -0.2) is 81.6 Å². The lowest BCUT2D eigenvalue weighted by Gasteiger charge is -2.39. The lowest BCUT2D eigenvalue weighted by atomic mass is 9.99. The summed E-state index contributed by atoms with van der Waals surface area (Å²) in [7, 11) is 0. The van der Waals surface area contributed by atoms with Crippen molar-refractivity contribution in [3.8, 4) is 0 Å². The molecular weight excluding hydrogens is 414 g/mol. The molecule has 0 aromatic rings. The van der Waals surface area contributed by atoms with Gasteiger partial charge in [-0.05, 0) is 12.8 Å². The second kappa shape index (κ2) is 17.8. The maximum Gasteiger partial charge on any atom is 0.186 e. The molecule has 0 aromatic carbocycles. The van der Waals surface area contributed by atoms with E-state index in [0.29, 0.717) is 0 Å². The molecule has 1 aliphatic heterocycles. The van der Waals surface area contributed by atoms with Crippen molar-refractivity contribution in [1.82, 2.24) is 0 Å². The molecule has 1 saturated heterocycles. The van der Waals surface area contributed by atoms with Crippen LogP contribution in [0.15, 0.2) is 12.2 Å². The minimum absolute atomic E-state index is 0.118. The predicted octanol–water partition coefficient (Wildman–Crippen LogP) is 1.75. The number of rotatable bonds is 18. The fraction of sp³-hybridized carbons (Fsp3) is 0.917. The van der Waals surface area contributed by atoms with E-state index >= 15 is 0 Å². The number of hydrogen-bond donors (Lipinski definition) is 6. The van der Waals surface area contributed by atoms with Crippen LogP contribution in [0.3, 0.4) is 0 Å². The van der Waals surface area contributed by atoms with Crippen LogP contribution in [0.4, 0.5) is 0 Å². The SMILES string of the molecule is CCCCCCCCCCCCCC=CC(O)C(N)CO[C@H]1O[C@H](CO)[C@@H](O)[C@H](O)[C@@H]1O. The Morgan fingerprint density at radius 3 is 2.00 bits per heavy atom. The molecule has 0 amide bonds. The Bertz CT molecular complexity index is 477. The van der Waals surface area contributed by atoms with Crippen molar-refractivity contribution in [3.63, 3.8) is 0 Å². The summed E-state index contributed by atoms with van der Waals surface area (Å²) < 4.78 is 10.6. The van der Waals surface area contributed by atoms with Crippen LogP contribution in [0, 0.1) is 0 Å². The number of ether oxygens (including phenoxy) is 2. The Labute approximate surface area is 193 Å². The summed E-state index contributed by atoms with van der Waals surface area (Å²) in [6, 6.07) is -0.740. The highest BCUT2D eigenvalue weighted by Gasteiger charge is 2.44. The lowest BCUT2D eigenvalue weighted by Crippen LogP contribution is -2.59. The molecule has 0 radical (unpaired) electrons. The van der Waals surface area contributed by atoms with E-state index in [9.17, 15) is 25.5 Å². The van der Waals surface area contributed by atoms with Crippen LogP contribution >= 0.6 is 0 Å². The third kappa shape index (κ3) is 11.5. The van der Waals surface area contributed by atoms with Gasteiger partial charge in [-0.1, -0.05) is 83.3 Å². The van der Waals surface area contributed by atoms with E-state index < -0.39 is 49.5 Å². The summed E-state index contributed by atoms with van der Waals surface area (Å²) in [5, 5.41) is 48.8. The van der Waals surface area contributed by atoms with Crippen molar-refractivity contribution in [2.75, 3.05) is 13.2 Å². The van der Waals surface area contributed by atoms with E-state index in [1.165, 1.54) is 64.2 Å². The van der Waals surface area contributed by atoms with Gasteiger partial charge in [0, 0.05) is 0 Å². The molecule has 1 fully saturated rings. The molecule has 0 bridgehead atoms. The highest BCUT2D eigenvalue weighted by Crippen LogP contribution is 2.22. The average Bonchev–Trinajstić information content (AvgIpc) is 2.79. The van der Waals surface area contributed by atoms with E-state index in [1.54, 1.807) is 6.08 Å². The van der Waals surface area contributed by atoms with Crippen LogP contribution in [-0.2, 0) is 9.47 Å². The van der Waals surface area contributed by atoms with Crippen LogP contribution in [0.2, 0.25) is 0 Å². The third-order valence-electron chi connectivity index (χ3n) is 6.05. The summed E-state index contributed by atoms with van der Waals surface area (Å²) in [6.45, 7) is 1.60. The first-order valence-electron chi connectivity index (χ1n) is 12.4. The summed E-state index contributed by atoms with van der Waals surface area (Å²) in [5.41, 5.74) is 5.93. The Morgan fingerprint density at radius 1 is 0.875 bits per heavy atom. The van der Waals surface area contributed by atoms with Gasteiger partial charge in [0.1, 0.15) is 24.4 Å². The summed E-state index contributed by atoms with van der Waals surface area (Å²) in [4.78, 5) is 0. The van der Waals surface area contributed by atoms with Crippen LogP contribution < -0.4 is 5.73 Å². The van der Waals surface area contributed by atoms with Gasteiger partial charge in [0.2, 0.25) is 0 Å². The smallest absolute Gasteiger partial charge is 0.186 e. The summed E-state index contributed by atoms with van der Waals surface area (Å²) >= 11 is 0. The fourth-order valence-electron chi connectivity index (χ4n) is 3.81. The molecule has 0 aliphatic carbocycles. The largest absolute Gasteiger partial charge is 0.394 e. The Kier molecular flexibility index (Phi) is 16.4. The molecule has 8 nitrogen and oxygen atoms in total. The lowest BCUT2D eigenvalue weighted by molar-refractivity contribution is -0.302. The molecule has 190 valence electrons. The first kappa shape index (κ1) is 29.5. The van der Waals surface area contributed by atoms with Gasteiger partial charge in [0.05, 0.1) is 25.4 Å². The monoisotopic (exact) mass is 461 g/mol. The highest BCUT2D eigenvalue weighted by molar-refractivity contribution is 4.94. The molecule has 2 unspecified atom stereocenters. The maximum absolute atomic E-state index is 10.2. The predicted molar refractivity (Wildman–Crippen MR) is 124 cm³/mol. The standard InChI is InChI=1S/C24H47NO7/c1-2-3-4-5-6-7-8-9-10-11-12-13-14-15-19(27)18(25)17-31-24-23(30)22(29)21(28)20(16-26)32-24/h14-15,18-24,26-30H,2-13,16-17,25H2,1H3/t18?,19?,20-,21-,22+,23+,24+/m1/s1. The number of unbranched alkanes of at least 4 members (excludes halogenated alkanes) is 11. The fourth-order valence-corrected chi connectivity index (χ4v) is 3.81. The number of aliphatic hydroxyl groups excluding tert-OH is 5. The van der Waals surface area contributed by atoms with Gasteiger partial charge in [-0.2, -0.15) is 0 Å². The quantitative estimate of drug-likeness (QED) is 0.134. The molecule has 0 saturated carbocycles. The van der Waals surface area contributed by atoms with Crippen LogP contribution in [0.1, 0.15) is 84.0 Å². The summed E-state index contributed by atoms with van der Waals surface area (Å²) in [5.74, 6) is 0. The first-order valence-corrected chi connectivity index (χ1v) is 12.4. The van der Waals surface area contributed by atoms with E-state index in [2.05, 4.69) is 6.92 Å². The number of allylic oxidation sites excluding steroid dienone is 1. The molecule has 0 aromatic heterocycles. The molecule has 7 atom stereocenters. The number of aliphatic hydroxyl groups is 5. The Hall–Kier alpha value is -0.580. The van der Waals surface area contributed by atoms with Crippen LogP contribution in [0.25, 0.3) is 0 Å². The molecule has 8 heteroatoms.